The van der Waals surface area contributed by atoms with Crippen molar-refractivity contribution in [3.8, 4) is 5.75 Å². The molecule has 0 amide bonds. The Kier molecular flexibility index (Phi) is 15.7. The fraction of sp³-hybridized carbons (Fsp3) is 0.618. The van der Waals surface area contributed by atoms with Crippen LogP contribution in [0.5, 0.6) is 5.75 Å². The second-order valence-electron chi connectivity index (χ2n) is 11.1. The summed E-state index contributed by atoms with van der Waals surface area (Å²) >= 11 is 0. The molecule has 0 radical (unpaired) electrons. The van der Waals surface area contributed by atoms with E-state index < -0.39 is 33.0 Å². The van der Waals surface area contributed by atoms with Crippen molar-refractivity contribution in [2.75, 3.05) is 26.4 Å². The molecule has 2 atom stereocenters. The van der Waals surface area contributed by atoms with Gasteiger partial charge in [0.2, 0.25) is 0 Å². The van der Waals surface area contributed by atoms with Crippen LogP contribution in [0.2, 0.25) is 6.04 Å². The quantitative estimate of drug-likeness (QED) is 0.0702. The van der Waals surface area contributed by atoms with E-state index in [2.05, 4.69) is 4.74 Å². The zero-order valence-corrected chi connectivity index (χ0v) is 27.9. The highest BCUT2D eigenvalue weighted by atomic mass is 28.4. The van der Waals surface area contributed by atoms with Crippen LogP contribution in [0, 0.1) is 5.92 Å². The molecule has 0 N–H and O–H groups in total. The van der Waals surface area contributed by atoms with Crippen molar-refractivity contribution in [1.82, 2.24) is 0 Å². The minimum Gasteiger partial charge on any atom is -0.494 e. The number of halogens is 3. The van der Waals surface area contributed by atoms with E-state index in [-0.39, 0.29) is 17.1 Å². The molecule has 7 nitrogen and oxygen atoms in total. The van der Waals surface area contributed by atoms with Crippen LogP contribution in [0.3, 0.4) is 0 Å². The third kappa shape index (κ3) is 12.6. The second-order valence-corrected chi connectivity index (χ2v) is 13.8. The van der Waals surface area contributed by atoms with Gasteiger partial charge in [0.25, 0.3) is 0 Å². The van der Waals surface area contributed by atoms with Crippen LogP contribution in [0.15, 0.2) is 54.3 Å². The molecule has 3 rings (SSSR count). The number of benzene rings is 1. The maximum Gasteiger partial charge on any atom is 0.573 e. The summed E-state index contributed by atoms with van der Waals surface area (Å²) in [5.74, 6) is -0.817. The SMILES string of the molecule is CCO[Si](CCCCCCCCCCCCOC1=CC2OC(=O)C(c3ccccc3OC(F)(F)F)=CC2C=C1)(OCC)OCC. The smallest absolute Gasteiger partial charge is 0.494 e. The van der Waals surface area contributed by atoms with Crippen LogP contribution < -0.4 is 4.74 Å². The fourth-order valence-corrected chi connectivity index (χ4v) is 8.29. The highest BCUT2D eigenvalue weighted by Gasteiger charge is 2.39. The Bertz CT molecular complexity index is 1120. The third-order valence-corrected chi connectivity index (χ3v) is 10.8. The van der Waals surface area contributed by atoms with Gasteiger partial charge in [0, 0.05) is 37.3 Å². The number of hydrogen-bond acceptors (Lipinski definition) is 7. The maximum absolute atomic E-state index is 12.8. The Morgan fingerprint density at radius 1 is 0.800 bits per heavy atom. The lowest BCUT2D eigenvalue weighted by Gasteiger charge is -2.29. The minimum atomic E-state index is -4.87. The van der Waals surface area contributed by atoms with Gasteiger partial charge in [-0.1, -0.05) is 81.7 Å². The molecule has 11 heteroatoms. The lowest BCUT2D eigenvalue weighted by molar-refractivity contribution is -0.274. The number of alkyl halides is 3. The number of allylic oxidation sites excluding steroid dienone is 1. The van der Waals surface area contributed by atoms with E-state index >= 15 is 0 Å². The Morgan fingerprint density at radius 2 is 1.38 bits per heavy atom. The molecule has 0 aromatic heterocycles. The van der Waals surface area contributed by atoms with Crippen molar-refractivity contribution >= 4 is 20.3 Å². The molecule has 0 fully saturated rings. The van der Waals surface area contributed by atoms with Gasteiger partial charge in [-0.2, -0.15) is 0 Å². The molecule has 252 valence electrons. The summed E-state index contributed by atoms with van der Waals surface area (Å²) < 4.78 is 71.9. The van der Waals surface area contributed by atoms with E-state index in [9.17, 15) is 18.0 Å². The average molecular weight is 655 g/mol. The normalized spacial score (nSPS) is 18.2. The molecule has 45 heavy (non-hydrogen) atoms. The highest BCUT2D eigenvalue weighted by molar-refractivity contribution is 6.60. The van der Waals surface area contributed by atoms with Gasteiger partial charge in [-0.05, 0) is 51.8 Å². The van der Waals surface area contributed by atoms with Crippen molar-refractivity contribution in [2.45, 2.75) is 103 Å². The van der Waals surface area contributed by atoms with Crippen LogP contribution in [0.1, 0.15) is 90.5 Å². The summed E-state index contributed by atoms with van der Waals surface area (Å²) in [5, 5.41) is 0. The molecule has 1 aromatic carbocycles. The van der Waals surface area contributed by atoms with Crippen LogP contribution in [0.4, 0.5) is 13.2 Å². The number of ether oxygens (including phenoxy) is 3. The number of hydrogen-bond donors (Lipinski definition) is 0. The van der Waals surface area contributed by atoms with E-state index in [4.69, 9.17) is 22.8 Å². The molecule has 1 heterocycles. The van der Waals surface area contributed by atoms with Gasteiger partial charge in [-0.3, -0.25) is 0 Å². The number of esters is 1. The first kappa shape index (κ1) is 36.9. The van der Waals surface area contributed by atoms with Crippen LogP contribution in [0.25, 0.3) is 5.57 Å². The monoisotopic (exact) mass is 654 g/mol. The summed E-state index contributed by atoms with van der Waals surface area (Å²) in [4.78, 5) is 12.7. The standard InChI is InChI=1S/C34H49F3O7Si/c1-4-40-45(41-5-2,42-6-3)24-18-14-12-10-8-7-9-11-13-17-23-39-28-22-21-27-25-30(33(38)43-32(27)26-28)29-19-15-16-20-31(29)44-34(35,36)37/h15-16,19-22,25-27,32H,4-14,17-18,23-24H2,1-3H3. The van der Waals surface area contributed by atoms with E-state index in [1.54, 1.807) is 18.2 Å². The molecule has 1 aliphatic carbocycles. The van der Waals surface area contributed by atoms with Crippen LogP contribution in [-0.4, -0.2) is 53.7 Å². The lowest BCUT2D eigenvalue weighted by atomic mass is 9.89. The van der Waals surface area contributed by atoms with E-state index in [0.717, 1.165) is 25.3 Å². The molecular formula is C34H49F3O7Si. The van der Waals surface area contributed by atoms with Gasteiger partial charge in [0.1, 0.15) is 17.6 Å². The zero-order valence-electron chi connectivity index (χ0n) is 26.9. The molecule has 0 saturated carbocycles. The Hall–Kier alpha value is -2.60. The summed E-state index contributed by atoms with van der Waals surface area (Å²) in [5.41, 5.74) is 0.0860. The summed E-state index contributed by atoms with van der Waals surface area (Å²) in [6, 6.07) is 6.45. The van der Waals surface area contributed by atoms with Crippen molar-refractivity contribution in [3.63, 3.8) is 0 Å². The molecule has 0 spiro atoms. The van der Waals surface area contributed by atoms with Crippen molar-refractivity contribution < 1.29 is 45.5 Å². The molecule has 1 aromatic rings. The van der Waals surface area contributed by atoms with Gasteiger partial charge in [-0.15, -0.1) is 13.2 Å². The van der Waals surface area contributed by atoms with Gasteiger partial charge in [0.05, 0.1) is 12.2 Å². The molecule has 2 aliphatic rings. The number of carbonyl (C=O) groups excluding carboxylic acids is 1. The Balaban J connectivity index is 1.28. The Labute approximate surface area is 267 Å². The van der Waals surface area contributed by atoms with E-state index in [1.807, 2.05) is 32.9 Å². The number of para-hydroxylation sites is 1. The van der Waals surface area contributed by atoms with Gasteiger partial charge in [-0.25, -0.2) is 4.79 Å². The minimum absolute atomic E-state index is 0.0410. The largest absolute Gasteiger partial charge is 0.573 e. The molecule has 0 saturated heterocycles. The Morgan fingerprint density at radius 3 is 1.98 bits per heavy atom. The number of rotatable bonds is 22. The van der Waals surface area contributed by atoms with E-state index in [1.165, 1.54) is 63.1 Å². The second kappa shape index (κ2) is 19.1. The summed E-state index contributed by atoms with van der Waals surface area (Å²) in [7, 11) is -2.51. The summed E-state index contributed by atoms with van der Waals surface area (Å²) in [6.45, 7) is 8.42. The first-order valence-electron chi connectivity index (χ1n) is 16.4. The van der Waals surface area contributed by atoms with E-state index in [0.29, 0.717) is 32.2 Å². The number of unbranched alkanes of at least 4 members (excludes halogenated alkanes) is 9. The average Bonchev–Trinajstić information content (AvgIpc) is 2.99. The number of carbonyl (C=O) groups is 1. The fourth-order valence-electron chi connectivity index (χ4n) is 5.60. The van der Waals surface area contributed by atoms with Gasteiger partial charge in [0.15, 0.2) is 0 Å². The lowest BCUT2D eigenvalue weighted by Crippen LogP contribution is -2.45. The third-order valence-electron chi connectivity index (χ3n) is 7.65. The highest BCUT2D eigenvalue weighted by Crippen LogP contribution is 2.37. The first-order valence-corrected chi connectivity index (χ1v) is 18.4. The predicted molar refractivity (Wildman–Crippen MR) is 169 cm³/mol. The topological polar surface area (TPSA) is 72.5 Å². The van der Waals surface area contributed by atoms with Crippen LogP contribution in [-0.2, 0) is 27.5 Å². The van der Waals surface area contributed by atoms with Gasteiger partial charge < -0.3 is 27.5 Å². The number of fused-ring (bicyclic) bond motifs is 1. The summed E-state index contributed by atoms with van der Waals surface area (Å²) in [6.07, 6.45) is 13.2. The van der Waals surface area contributed by atoms with Crippen molar-refractivity contribution in [3.05, 3.63) is 59.9 Å². The zero-order chi connectivity index (χ0) is 32.5. The predicted octanol–water partition coefficient (Wildman–Crippen LogP) is 8.93. The first-order chi connectivity index (χ1) is 21.7. The van der Waals surface area contributed by atoms with Crippen molar-refractivity contribution in [2.24, 2.45) is 5.92 Å². The molecular weight excluding hydrogens is 605 g/mol. The molecule has 2 unspecified atom stereocenters. The van der Waals surface area contributed by atoms with Gasteiger partial charge >= 0.3 is 21.1 Å². The molecule has 0 bridgehead atoms. The van der Waals surface area contributed by atoms with Crippen molar-refractivity contribution in [1.29, 1.82) is 0 Å². The van der Waals surface area contributed by atoms with Crippen LogP contribution >= 0.6 is 0 Å². The molecule has 1 aliphatic heterocycles. The maximum atomic E-state index is 12.8.